The van der Waals surface area contributed by atoms with Gasteiger partial charge in [-0.15, -0.1) is 0 Å². The topological polar surface area (TPSA) is 62.9 Å². The van der Waals surface area contributed by atoms with Crippen molar-refractivity contribution in [3.63, 3.8) is 0 Å². The van der Waals surface area contributed by atoms with E-state index in [-0.39, 0.29) is 5.41 Å². The van der Waals surface area contributed by atoms with Crippen molar-refractivity contribution in [2.75, 3.05) is 0 Å². The van der Waals surface area contributed by atoms with E-state index < -0.39 is 6.04 Å². The molecule has 70 valence electrons. The lowest BCUT2D eigenvalue weighted by Crippen LogP contribution is -2.10. The third-order valence-corrected chi connectivity index (χ3v) is 1.93. The SMILES string of the molecule is CC(C)(C)c1coc(C(N)C#N)c1. The number of rotatable bonds is 1. The largest absolute Gasteiger partial charge is 0.466 e. The summed E-state index contributed by atoms with van der Waals surface area (Å²) in [5, 5.41) is 8.57. The first-order valence-electron chi connectivity index (χ1n) is 4.19. The van der Waals surface area contributed by atoms with E-state index in [1.807, 2.05) is 12.1 Å². The van der Waals surface area contributed by atoms with Crippen molar-refractivity contribution >= 4 is 0 Å². The highest BCUT2D eigenvalue weighted by Gasteiger charge is 2.18. The van der Waals surface area contributed by atoms with Gasteiger partial charge in [-0.1, -0.05) is 20.8 Å². The summed E-state index contributed by atoms with van der Waals surface area (Å²) >= 11 is 0. The monoisotopic (exact) mass is 178 g/mol. The highest BCUT2D eigenvalue weighted by atomic mass is 16.3. The van der Waals surface area contributed by atoms with Crippen molar-refractivity contribution in [2.24, 2.45) is 5.73 Å². The van der Waals surface area contributed by atoms with Gasteiger partial charge in [0.25, 0.3) is 0 Å². The summed E-state index contributed by atoms with van der Waals surface area (Å²) in [6, 6.07) is 3.11. The summed E-state index contributed by atoms with van der Waals surface area (Å²) < 4.78 is 5.20. The second-order valence-electron chi connectivity index (χ2n) is 4.09. The molecule has 0 aromatic carbocycles. The van der Waals surface area contributed by atoms with Crippen LogP contribution in [0.15, 0.2) is 16.7 Å². The second kappa shape index (κ2) is 3.23. The van der Waals surface area contributed by atoms with E-state index in [0.29, 0.717) is 5.76 Å². The Balaban J connectivity index is 2.95. The maximum absolute atomic E-state index is 8.57. The Labute approximate surface area is 78.1 Å². The van der Waals surface area contributed by atoms with Crippen molar-refractivity contribution < 1.29 is 4.42 Å². The zero-order chi connectivity index (χ0) is 10.1. The predicted molar refractivity (Wildman–Crippen MR) is 49.9 cm³/mol. The van der Waals surface area contributed by atoms with Crippen LogP contribution in [-0.4, -0.2) is 0 Å². The molecular weight excluding hydrogens is 164 g/mol. The number of nitrogens with two attached hydrogens (primary N) is 1. The molecule has 1 aromatic rings. The number of furan rings is 1. The minimum Gasteiger partial charge on any atom is -0.466 e. The average Bonchev–Trinajstić information content (AvgIpc) is 2.50. The number of nitriles is 1. The molecule has 3 heteroatoms. The molecule has 1 atom stereocenters. The fourth-order valence-corrected chi connectivity index (χ4v) is 0.973. The molecule has 13 heavy (non-hydrogen) atoms. The van der Waals surface area contributed by atoms with Crippen LogP contribution in [0.1, 0.15) is 38.1 Å². The minimum absolute atomic E-state index is 0.0386. The quantitative estimate of drug-likeness (QED) is 0.716. The van der Waals surface area contributed by atoms with Crippen molar-refractivity contribution in [1.29, 1.82) is 5.26 Å². The summed E-state index contributed by atoms with van der Waals surface area (Å²) in [5.74, 6) is 0.535. The normalized spacial score (nSPS) is 13.8. The van der Waals surface area contributed by atoms with Gasteiger partial charge in [-0.3, -0.25) is 0 Å². The zero-order valence-corrected chi connectivity index (χ0v) is 8.16. The molecule has 0 aliphatic rings. The van der Waals surface area contributed by atoms with Gasteiger partial charge in [0.2, 0.25) is 0 Å². The maximum atomic E-state index is 8.57. The molecule has 0 aliphatic carbocycles. The molecule has 1 heterocycles. The van der Waals surface area contributed by atoms with Crippen LogP contribution in [-0.2, 0) is 5.41 Å². The minimum atomic E-state index is -0.656. The van der Waals surface area contributed by atoms with E-state index in [1.54, 1.807) is 6.26 Å². The molecule has 1 unspecified atom stereocenters. The van der Waals surface area contributed by atoms with Crippen LogP contribution in [0, 0.1) is 11.3 Å². The Morgan fingerprint density at radius 1 is 1.54 bits per heavy atom. The van der Waals surface area contributed by atoms with Gasteiger partial charge in [0, 0.05) is 0 Å². The van der Waals surface area contributed by atoms with Gasteiger partial charge in [0.1, 0.15) is 5.76 Å². The van der Waals surface area contributed by atoms with E-state index in [2.05, 4.69) is 20.8 Å². The summed E-state index contributed by atoms with van der Waals surface area (Å²) in [4.78, 5) is 0. The van der Waals surface area contributed by atoms with Crippen LogP contribution in [0.5, 0.6) is 0 Å². The van der Waals surface area contributed by atoms with Crippen LogP contribution in [0.3, 0.4) is 0 Å². The molecule has 1 rings (SSSR count). The van der Waals surface area contributed by atoms with Gasteiger partial charge in [-0.2, -0.15) is 5.26 Å². The Kier molecular flexibility index (Phi) is 2.44. The maximum Gasteiger partial charge on any atom is 0.151 e. The lowest BCUT2D eigenvalue weighted by molar-refractivity contribution is 0.487. The Bertz CT molecular complexity index is 327. The summed E-state index contributed by atoms with van der Waals surface area (Å²) in [5.41, 5.74) is 6.60. The van der Waals surface area contributed by atoms with E-state index in [0.717, 1.165) is 5.56 Å². The number of hydrogen-bond acceptors (Lipinski definition) is 3. The van der Waals surface area contributed by atoms with Crippen molar-refractivity contribution in [3.8, 4) is 6.07 Å². The van der Waals surface area contributed by atoms with Crippen molar-refractivity contribution in [1.82, 2.24) is 0 Å². The highest BCUT2D eigenvalue weighted by molar-refractivity contribution is 5.24. The first kappa shape index (κ1) is 9.82. The summed E-state index contributed by atoms with van der Waals surface area (Å²) in [6.07, 6.45) is 1.66. The van der Waals surface area contributed by atoms with E-state index in [9.17, 15) is 0 Å². The second-order valence-corrected chi connectivity index (χ2v) is 4.09. The van der Waals surface area contributed by atoms with Crippen LogP contribution in [0.25, 0.3) is 0 Å². The molecule has 3 nitrogen and oxygen atoms in total. The molecular formula is C10H14N2O. The molecule has 0 spiro atoms. The third-order valence-electron chi connectivity index (χ3n) is 1.93. The fraction of sp³-hybridized carbons (Fsp3) is 0.500. The molecule has 0 aliphatic heterocycles. The molecule has 0 saturated heterocycles. The van der Waals surface area contributed by atoms with E-state index in [4.69, 9.17) is 15.4 Å². The van der Waals surface area contributed by atoms with Crippen molar-refractivity contribution in [3.05, 3.63) is 23.7 Å². The Morgan fingerprint density at radius 3 is 2.54 bits per heavy atom. The molecule has 0 radical (unpaired) electrons. The number of hydrogen-bond donors (Lipinski definition) is 1. The number of nitrogens with zero attached hydrogens (tertiary/aromatic N) is 1. The molecule has 0 amide bonds. The molecule has 0 saturated carbocycles. The molecule has 0 bridgehead atoms. The third kappa shape index (κ3) is 2.10. The van der Waals surface area contributed by atoms with Gasteiger partial charge in [0.05, 0.1) is 12.3 Å². The van der Waals surface area contributed by atoms with Crippen LogP contribution < -0.4 is 5.73 Å². The Hall–Kier alpha value is -1.27. The zero-order valence-electron chi connectivity index (χ0n) is 8.16. The summed E-state index contributed by atoms with van der Waals surface area (Å²) in [6.45, 7) is 6.25. The molecule has 0 fully saturated rings. The van der Waals surface area contributed by atoms with E-state index >= 15 is 0 Å². The van der Waals surface area contributed by atoms with Gasteiger partial charge in [0.15, 0.2) is 6.04 Å². The van der Waals surface area contributed by atoms with Gasteiger partial charge in [-0.05, 0) is 17.0 Å². The van der Waals surface area contributed by atoms with Crippen molar-refractivity contribution in [2.45, 2.75) is 32.2 Å². The lowest BCUT2D eigenvalue weighted by Gasteiger charge is -2.14. The van der Waals surface area contributed by atoms with Gasteiger partial charge < -0.3 is 10.2 Å². The predicted octanol–water partition coefficient (Wildman–Crippen LogP) is 2.10. The van der Waals surface area contributed by atoms with E-state index in [1.165, 1.54) is 0 Å². The fourth-order valence-electron chi connectivity index (χ4n) is 0.973. The van der Waals surface area contributed by atoms with Crippen LogP contribution >= 0.6 is 0 Å². The average molecular weight is 178 g/mol. The van der Waals surface area contributed by atoms with Crippen LogP contribution in [0.2, 0.25) is 0 Å². The Morgan fingerprint density at radius 2 is 2.15 bits per heavy atom. The first-order valence-corrected chi connectivity index (χ1v) is 4.19. The smallest absolute Gasteiger partial charge is 0.151 e. The highest BCUT2D eigenvalue weighted by Crippen LogP contribution is 2.25. The van der Waals surface area contributed by atoms with Gasteiger partial charge >= 0.3 is 0 Å². The summed E-state index contributed by atoms with van der Waals surface area (Å²) in [7, 11) is 0. The lowest BCUT2D eigenvalue weighted by atomic mass is 9.89. The molecule has 2 N–H and O–H groups in total. The van der Waals surface area contributed by atoms with Crippen LogP contribution in [0.4, 0.5) is 0 Å². The molecule has 1 aromatic heterocycles. The first-order chi connectivity index (χ1) is 5.95. The standard InChI is InChI=1S/C10H14N2O/c1-10(2,3)7-4-9(13-6-7)8(12)5-11/h4,6,8H,12H2,1-3H3. The van der Waals surface area contributed by atoms with Gasteiger partial charge in [-0.25, -0.2) is 0 Å².